The van der Waals surface area contributed by atoms with Gasteiger partial charge in [-0.15, -0.1) is 11.7 Å². The molecule has 0 spiro atoms. The lowest BCUT2D eigenvalue weighted by atomic mass is 9.66. The molecule has 0 saturated carbocycles. The number of thiol groups is 1. The van der Waals surface area contributed by atoms with E-state index >= 15 is 0 Å². The van der Waals surface area contributed by atoms with Crippen molar-refractivity contribution in [3.63, 3.8) is 0 Å². The van der Waals surface area contributed by atoms with Gasteiger partial charge in [-0.05, 0) is 166 Å². The number of carbonyl (C=O) groups excluding carboxylic acids is 3. The van der Waals surface area contributed by atoms with Gasteiger partial charge >= 0.3 is 0 Å². The molecule has 68 heavy (non-hydrogen) atoms. The molecule has 2 unspecified atom stereocenters. The molecule has 0 aromatic heterocycles. The minimum atomic E-state index is -0.797. The molecule has 0 bridgehead atoms. The Hall–Kier alpha value is -1.67. The predicted octanol–water partition coefficient (Wildman–Crippen LogP) is 17.9. The highest BCUT2D eigenvalue weighted by atomic mass is 33.1. The molecule has 0 radical (unpaired) electrons. The molecule has 8 heteroatoms. The SMILES string of the molecule is CCC(C)C(C)(C)CCCCCC(=O)NC(C)(C)c1c(C(C)C)c(C(C)(C)NC(=O)CCCCCC(C)(C)C(C)C)c(C(C)C)c(C(C)(C)NC(=O)CCCCCC(C)(C)C(C)C)c1C(C)SS. The Bertz CT molecular complexity index is 1730. The fraction of sp³-hybridized carbons (Fsp3) is 0.850. The van der Waals surface area contributed by atoms with Crippen LogP contribution in [-0.2, 0) is 31.0 Å². The van der Waals surface area contributed by atoms with Gasteiger partial charge in [0.15, 0.2) is 0 Å². The number of hydrogen-bond acceptors (Lipinski definition) is 5. The molecule has 1 rings (SSSR count). The summed E-state index contributed by atoms with van der Waals surface area (Å²) in [6.45, 7) is 52.1. The molecule has 0 fully saturated rings. The number of amides is 3. The maximum atomic E-state index is 14.2. The molecule has 3 amide bonds. The minimum Gasteiger partial charge on any atom is -0.347 e. The van der Waals surface area contributed by atoms with Crippen LogP contribution in [0, 0.1) is 34.0 Å². The summed E-state index contributed by atoms with van der Waals surface area (Å²) in [7, 11) is 1.50. The molecule has 0 aliphatic carbocycles. The van der Waals surface area contributed by atoms with E-state index in [1.165, 1.54) is 17.2 Å². The van der Waals surface area contributed by atoms with E-state index in [9.17, 15) is 14.4 Å². The van der Waals surface area contributed by atoms with Gasteiger partial charge in [0, 0.05) is 24.5 Å². The Morgan fingerprint density at radius 1 is 0.441 bits per heavy atom. The van der Waals surface area contributed by atoms with Crippen molar-refractivity contribution in [3.8, 4) is 0 Å². The molecular weight excluding hydrogens is 875 g/mol. The number of carbonyl (C=O) groups is 3. The van der Waals surface area contributed by atoms with E-state index < -0.39 is 16.6 Å². The first-order valence-corrected chi connectivity index (χ1v) is 29.5. The number of benzene rings is 1. The lowest BCUT2D eigenvalue weighted by molar-refractivity contribution is -0.123. The van der Waals surface area contributed by atoms with Crippen molar-refractivity contribution in [2.75, 3.05) is 0 Å². The first-order chi connectivity index (χ1) is 31.0. The van der Waals surface area contributed by atoms with Gasteiger partial charge in [0.1, 0.15) is 0 Å². The van der Waals surface area contributed by atoms with Gasteiger partial charge in [0.2, 0.25) is 17.7 Å². The van der Waals surface area contributed by atoms with Crippen LogP contribution in [0.4, 0.5) is 0 Å². The summed E-state index contributed by atoms with van der Waals surface area (Å²) in [5.41, 5.74) is 5.16. The van der Waals surface area contributed by atoms with E-state index in [2.05, 4.69) is 175 Å². The largest absolute Gasteiger partial charge is 0.347 e. The van der Waals surface area contributed by atoms with Crippen molar-refractivity contribution in [2.24, 2.45) is 34.0 Å². The molecule has 6 nitrogen and oxygen atoms in total. The molecule has 0 aliphatic rings. The summed E-state index contributed by atoms with van der Waals surface area (Å²) in [5.74, 6) is 2.14. The van der Waals surface area contributed by atoms with E-state index in [1.807, 2.05) is 0 Å². The van der Waals surface area contributed by atoms with Crippen LogP contribution in [0.2, 0.25) is 0 Å². The quantitative estimate of drug-likeness (QED) is 0.0329. The van der Waals surface area contributed by atoms with Gasteiger partial charge in [-0.25, -0.2) is 0 Å². The summed E-state index contributed by atoms with van der Waals surface area (Å²) in [4.78, 5) is 42.6. The third-order valence-corrected chi connectivity index (χ3v) is 18.3. The Balaban J connectivity index is 4.03. The highest BCUT2D eigenvalue weighted by Gasteiger charge is 2.44. The lowest BCUT2D eigenvalue weighted by Gasteiger charge is -2.45. The molecular formula is C60H111N3O3S2. The van der Waals surface area contributed by atoms with Crippen LogP contribution < -0.4 is 16.0 Å². The average Bonchev–Trinajstić information content (AvgIpc) is 3.20. The fourth-order valence-corrected chi connectivity index (χ4v) is 11.0. The van der Waals surface area contributed by atoms with Crippen LogP contribution >= 0.6 is 22.5 Å². The van der Waals surface area contributed by atoms with Crippen LogP contribution in [0.25, 0.3) is 0 Å². The minimum absolute atomic E-state index is 0.0467. The van der Waals surface area contributed by atoms with E-state index in [0.29, 0.717) is 37.0 Å². The van der Waals surface area contributed by atoms with Gasteiger partial charge in [-0.3, -0.25) is 14.4 Å². The van der Waals surface area contributed by atoms with E-state index in [1.54, 1.807) is 0 Å². The third kappa shape index (κ3) is 19.1. The first-order valence-electron chi connectivity index (χ1n) is 27.5. The monoisotopic (exact) mass is 986 g/mol. The zero-order valence-electron chi connectivity index (χ0n) is 48.9. The van der Waals surface area contributed by atoms with Gasteiger partial charge in [-0.2, -0.15) is 0 Å². The number of hydrogen-bond donors (Lipinski definition) is 4. The standard InChI is InChI=1S/C60H111N3O3S2/c1-24-44(10)57(16,17)39-33-27-30-36-48(66)63-60(22,23)54-50(41(4)5)52(58(18,19)61-46(64)34-28-25-31-37-55(12,13)42(6)7)49(40(2)3)53(51(54)45(11)68-67)59(20,21)62-47(65)35-29-26-32-38-56(14,15)43(8)9/h40-45,67H,24-39H2,1-23H3,(H,61,64)(H,62,65)(H,63,66). The zero-order chi connectivity index (χ0) is 52.8. The Morgan fingerprint density at radius 3 is 0.971 bits per heavy atom. The second kappa shape index (κ2) is 27.4. The molecule has 2 atom stereocenters. The second-order valence-electron chi connectivity index (χ2n) is 26.2. The highest BCUT2D eigenvalue weighted by molar-refractivity contribution is 8.68. The Labute approximate surface area is 431 Å². The maximum Gasteiger partial charge on any atom is 0.220 e. The summed E-state index contributed by atoms with van der Waals surface area (Å²) < 4.78 is 0. The topological polar surface area (TPSA) is 87.3 Å². The molecule has 1 aromatic carbocycles. The van der Waals surface area contributed by atoms with Crippen molar-refractivity contribution in [1.29, 1.82) is 0 Å². The fourth-order valence-electron chi connectivity index (χ4n) is 10.4. The highest BCUT2D eigenvalue weighted by Crippen LogP contribution is 2.52. The summed E-state index contributed by atoms with van der Waals surface area (Å²) in [6.07, 6.45) is 15.0. The molecule has 0 saturated heterocycles. The van der Waals surface area contributed by atoms with Crippen LogP contribution in [-0.4, -0.2) is 17.7 Å². The molecule has 396 valence electrons. The van der Waals surface area contributed by atoms with E-state index in [0.717, 1.165) is 110 Å². The van der Waals surface area contributed by atoms with Gasteiger partial charge < -0.3 is 16.0 Å². The van der Waals surface area contributed by atoms with Crippen LogP contribution in [0.1, 0.15) is 312 Å². The number of rotatable bonds is 32. The van der Waals surface area contributed by atoms with Crippen molar-refractivity contribution in [1.82, 2.24) is 16.0 Å². The zero-order valence-corrected chi connectivity index (χ0v) is 50.6. The Kier molecular flexibility index (Phi) is 25.9. The average molecular weight is 987 g/mol. The second-order valence-corrected chi connectivity index (χ2v) is 27.8. The summed E-state index contributed by atoms with van der Waals surface area (Å²) >= 11 is 4.91. The maximum absolute atomic E-state index is 14.2. The van der Waals surface area contributed by atoms with Crippen LogP contribution in [0.5, 0.6) is 0 Å². The van der Waals surface area contributed by atoms with Gasteiger partial charge in [0.05, 0.1) is 16.6 Å². The first kappa shape index (κ1) is 64.3. The third-order valence-electron chi connectivity index (χ3n) is 16.8. The van der Waals surface area contributed by atoms with Crippen LogP contribution in [0.15, 0.2) is 0 Å². The van der Waals surface area contributed by atoms with Crippen LogP contribution in [0.3, 0.4) is 0 Å². The van der Waals surface area contributed by atoms with E-state index in [4.69, 9.17) is 11.7 Å². The summed E-state index contributed by atoms with van der Waals surface area (Å²) in [5, 5.41) is 10.6. The van der Waals surface area contributed by atoms with Gasteiger partial charge in [-0.1, -0.05) is 167 Å². The number of nitrogens with one attached hydrogen (secondary N) is 3. The van der Waals surface area contributed by atoms with Crippen molar-refractivity contribution in [2.45, 2.75) is 296 Å². The Morgan fingerprint density at radius 2 is 0.721 bits per heavy atom. The number of unbranched alkanes of at least 4 members (excludes halogenated alkanes) is 6. The lowest BCUT2D eigenvalue weighted by Crippen LogP contribution is -2.49. The molecule has 0 aliphatic heterocycles. The normalized spacial score (nSPS) is 14.3. The smallest absolute Gasteiger partial charge is 0.220 e. The van der Waals surface area contributed by atoms with Crippen molar-refractivity contribution < 1.29 is 14.4 Å². The molecule has 3 N–H and O–H groups in total. The van der Waals surface area contributed by atoms with Crippen molar-refractivity contribution >= 4 is 40.2 Å². The molecule has 1 aromatic rings. The summed E-state index contributed by atoms with van der Waals surface area (Å²) in [6, 6.07) is 0. The predicted molar refractivity (Wildman–Crippen MR) is 303 cm³/mol. The van der Waals surface area contributed by atoms with Crippen molar-refractivity contribution in [3.05, 3.63) is 33.4 Å². The van der Waals surface area contributed by atoms with E-state index in [-0.39, 0.29) is 51.1 Å². The van der Waals surface area contributed by atoms with Gasteiger partial charge in [0.25, 0.3) is 0 Å². The molecule has 0 heterocycles.